The molecule has 2 heterocycles. The van der Waals surface area contributed by atoms with E-state index in [1.54, 1.807) is 76.3 Å². The van der Waals surface area contributed by atoms with E-state index in [-0.39, 0.29) is 38.4 Å². The Kier molecular flexibility index (Phi) is 9.52. The van der Waals surface area contributed by atoms with Gasteiger partial charge < -0.3 is 19.4 Å². The van der Waals surface area contributed by atoms with Crippen molar-refractivity contribution in [3.8, 4) is 11.1 Å². The van der Waals surface area contributed by atoms with Gasteiger partial charge in [-0.15, -0.1) is 0 Å². The van der Waals surface area contributed by atoms with Crippen LogP contribution in [0.1, 0.15) is 69.1 Å². The number of ether oxygens (including phenoxy) is 1. The minimum atomic E-state index is -2.73. The molecule has 0 spiro atoms. The van der Waals surface area contributed by atoms with E-state index in [4.69, 9.17) is 9.15 Å². The minimum Gasteiger partial charge on any atom is -0.459 e. The highest BCUT2D eigenvalue weighted by Gasteiger charge is 2.35. The van der Waals surface area contributed by atoms with Crippen LogP contribution in [-0.4, -0.2) is 41.5 Å². The molecular weight excluding hydrogens is 557 g/mol. The van der Waals surface area contributed by atoms with Crippen molar-refractivity contribution >= 4 is 28.5 Å². The standard InChI is InChI=1S/C34H37F3N2O4/c1-6-8-9-27(29(35)7-2)28-20-24(18-25-19-26(42-30(25)28)21-38-32(41)43-33(3,4)5)22-10-12-23(13-11-22)31(40)39-16-14-34(36,37)15-17-39/h6-13,18-20H,14-17,21H2,1-5H3,(H,38,41). The number of benzene rings is 2. The summed E-state index contributed by atoms with van der Waals surface area (Å²) in [5.41, 5.74) is 2.56. The number of halogens is 3. The normalized spacial score (nSPS) is 16.1. The number of carbonyl (C=O) groups is 2. The number of allylic oxidation sites excluding steroid dienone is 6. The Morgan fingerprint density at radius 3 is 2.33 bits per heavy atom. The van der Waals surface area contributed by atoms with E-state index in [9.17, 15) is 18.4 Å². The summed E-state index contributed by atoms with van der Waals surface area (Å²) >= 11 is 0. The molecule has 1 fully saturated rings. The zero-order valence-corrected chi connectivity index (χ0v) is 25.1. The summed E-state index contributed by atoms with van der Waals surface area (Å²) in [4.78, 5) is 26.6. The molecule has 9 heteroatoms. The maximum Gasteiger partial charge on any atom is 0.408 e. The molecule has 228 valence electrons. The van der Waals surface area contributed by atoms with Crippen LogP contribution in [0, 0.1) is 0 Å². The summed E-state index contributed by atoms with van der Waals surface area (Å²) in [5.74, 6) is -3.00. The highest BCUT2D eigenvalue weighted by atomic mass is 19.3. The van der Waals surface area contributed by atoms with Gasteiger partial charge in [0, 0.05) is 48.0 Å². The zero-order chi connectivity index (χ0) is 31.4. The highest BCUT2D eigenvalue weighted by molar-refractivity contribution is 5.98. The van der Waals surface area contributed by atoms with Gasteiger partial charge in [-0.2, -0.15) is 0 Å². The number of furan rings is 1. The molecule has 1 aromatic heterocycles. The van der Waals surface area contributed by atoms with Crippen LogP contribution in [0.5, 0.6) is 0 Å². The second-order valence-corrected chi connectivity index (χ2v) is 11.5. The largest absolute Gasteiger partial charge is 0.459 e. The van der Waals surface area contributed by atoms with Crippen molar-refractivity contribution < 1.29 is 31.9 Å². The summed E-state index contributed by atoms with van der Waals surface area (Å²) in [6, 6.07) is 12.4. The van der Waals surface area contributed by atoms with E-state index in [2.05, 4.69) is 5.32 Å². The Balaban J connectivity index is 1.70. The van der Waals surface area contributed by atoms with Crippen LogP contribution in [0.4, 0.5) is 18.0 Å². The van der Waals surface area contributed by atoms with Crippen LogP contribution in [0.2, 0.25) is 0 Å². The van der Waals surface area contributed by atoms with E-state index in [1.165, 1.54) is 11.0 Å². The van der Waals surface area contributed by atoms with Gasteiger partial charge >= 0.3 is 6.09 Å². The summed E-state index contributed by atoms with van der Waals surface area (Å²) in [7, 11) is 0. The van der Waals surface area contributed by atoms with Gasteiger partial charge in [-0.3, -0.25) is 4.79 Å². The fraction of sp³-hybridized carbons (Fsp3) is 0.353. The fourth-order valence-corrected chi connectivity index (χ4v) is 4.80. The maximum atomic E-state index is 15.2. The Hall–Kier alpha value is -4.27. The number of alkyl halides is 2. The first-order valence-corrected chi connectivity index (χ1v) is 14.3. The molecule has 1 saturated heterocycles. The lowest BCUT2D eigenvalue weighted by Crippen LogP contribution is -2.42. The summed E-state index contributed by atoms with van der Waals surface area (Å²) in [6.45, 7) is 8.84. The van der Waals surface area contributed by atoms with Crippen molar-refractivity contribution in [1.29, 1.82) is 0 Å². The molecule has 0 radical (unpaired) electrons. The van der Waals surface area contributed by atoms with Crippen LogP contribution >= 0.6 is 0 Å². The smallest absolute Gasteiger partial charge is 0.408 e. The number of nitrogens with one attached hydrogen (secondary N) is 1. The van der Waals surface area contributed by atoms with Crippen LogP contribution in [-0.2, 0) is 11.3 Å². The molecule has 4 rings (SSSR count). The predicted octanol–water partition coefficient (Wildman–Crippen LogP) is 8.83. The Bertz CT molecular complexity index is 1570. The molecule has 6 nitrogen and oxygen atoms in total. The van der Waals surface area contributed by atoms with Crippen molar-refractivity contribution in [2.45, 2.75) is 65.5 Å². The molecule has 1 N–H and O–H groups in total. The summed E-state index contributed by atoms with van der Waals surface area (Å²) in [6.07, 6.45) is 5.30. The van der Waals surface area contributed by atoms with Crippen molar-refractivity contribution in [3.05, 3.63) is 89.5 Å². The van der Waals surface area contributed by atoms with Gasteiger partial charge in [0.05, 0.1) is 6.54 Å². The van der Waals surface area contributed by atoms with Crippen molar-refractivity contribution in [2.75, 3.05) is 13.1 Å². The number of nitrogens with zero attached hydrogens (tertiary/aromatic N) is 1. The second kappa shape index (κ2) is 12.9. The van der Waals surface area contributed by atoms with Gasteiger partial charge in [0.15, 0.2) is 0 Å². The molecule has 0 atom stereocenters. The summed E-state index contributed by atoms with van der Waals surface area (Å²) in [5, 5.41) is 3.38. The number of hydrogen-bond donors (Lipinski definition) is 1. The van der Waals surface area contributed by atoms with Gasteiger partial charge in [0.2, 0.25) is 0 Å². The molecule has 0 unspecified atom stereocenters. The van der Waals surface area contributed by atoms with E-state index in [0.29, 0.717) is 33.4 Å². The molecule has 0 bridgehead atoms. The molecule has 0 saturated carbocycles. The van der Waals surface area contributed by atoms with E-state index in [0.717, 1.165) is 11.1 Å². The number of piperidine rings is 1. The van der Waals surface area contributed by atoms with Gasteiger partial charge in [-0.25, -0.2) is 18.0 Å². The van der Waals surface area contributed by atoms with E-state index in [1.807, 2.05) is 19.1 Å². The highest BCUT2D eigenvalue weighted by Crippen LogP contribution is 2.37. The Morgan fingerprint density at radius 1 is 1.05 bits per heavy atom. The topological polar surface area (TPSA) is 71.8 Å². The lowest BCUT2D eigenvalue weighted by Gasteiger charge is -2.31. The third-order valence-corrected chi connectivity index (χ3v) is 6.98. The number of fused-ring (bicyclic) bond motifs is 1. The fourth-order valence-electron chi connectivity index (χ4n) is 4.80. The molecular formula is C34H37F3N2O4. The zero-order valence-electron chi connectivity index (χ0n) is 25.1. The number of amides is 2. The van der Waals surface area contributed by atoms with Crippen molar-refractivity contribution in [3.63, 3.8) is 0 Å². The average molecular weight is 595 g/mol. The third-order valence-electron chi connectivity index (χ3n) is 6.98. The van der Waals surface area contributed by atoms with Crippen LogP contribution in [0.15, 0.2) is 77.0 Å². The van der Waals surface area contributed by atoms with Gasteiger partial charge in [0.1, 0.15) is 22.8 Å². The monoisotopic (exact) mass is 594 g/mol. The average Bonchev–Trinajstić information content (AvgIpc) is 3.38. The quantitative estimate of drug-likeness (QED) is 0.278. The molecule has 3 aromatic rings. The molecule has 2 aromatic carbocycles. The molecule has 1 aliphatic heterocycles. The number of likely N-dealkylation sites (tertiary alicyclic amines) is 1. The van der Waals surface area contributed by atoms with Gasteiger partial charge in [-0.1, -0.05) is 36.4 Å². The number of carbonyl (C=O) groups excluding carboxylic acids is 2. The predicted molar refractivity (Wildman–Crippen MR) is 162 cm³/mol. The number of alkyl carbamates (subject to hydrolysis) is 1. The van der Waals surface area contributed by atoms with E-state index >= 15 is 4.39 Å². The second-order valence-electron chi connectivity index (χ2n) is 11.5. The number of rotatable bonds is 7. The summed E-state index contributed by atoms with van der Waals surface area (Å²) < 4.78 is 53.8. The molecule has 0 aliphatic carbocycles. The van der Waals surface area contributed by atoms with Crippen molar-refractivity contribution in [2.24, 2.45) is 0 Å². The van der Waals surface area contributed by atoms with Crippen LogP contribution < -0.4 is 5.32 Å². The van der Waals surface area contributed by atoms with Crippen molar-refractivity contribution in [1.82, 2.24) is 10.2 Å². The van der Waals surface area contributed by atoms with Gasteiger partial charge in [-0.05, 0) is 76.1 Å². The Morgan fingerprint density at radius 2 is 1.72 bits per heavy atom. The third kappa shape index (κ3) is 7.97. The van der Waals surface area contributed by atoms with Crippen LogP contribution in [0.25, 0.3) is 27.7 Å². The van der Waals surface area contributed by atoms with Crippen LogP contribution in [0.3, 0.4) is 0 Å². The molecule has 2 amide bonds. The SMILES string of the molecule is CC=CC=C(C(F)=CC)c1cc(-c2ccc(C(=O)N3CCC(F)(F)CC3)cc2)cc2cc(CNC(=O)OC(C)(C)C)oc12. The minimum absolute atomic E-state index is 0.0110. The van der Waals surface area contributed by atoms with Gasteiger partial charge in [0.25, 0.3) is 11.8 Å². The number of hydrogen-bond acceptors (Lipinski definition) is 4. The lowest BCUT2D eigenvalue weighted by atomic mass is 9.95. The van der Waals surface area contributed by atoms with E-state index < -0.39 is 23.4 Å². The maximum absolute atomic E-state index is 15.2. The first-order chi connectivity index (χ1) is 20.3. The molecule has 43 heavy (non-hydrogen) atoms. The molecule has 1 aliphatic rings. The first-order valence-electron chi connectivity index (χ1n) is 14.3. The lowest BCUT2D eigenvalue weighted by molar-refractivity contribution is -0.0494. The Labute approximate surface area is 249 Å². The first kappa shape index (κ1) is 31.7.